The minimum Gasteiger partial charge on any atom is -0.309 e. The highest BCUT2D eigenvalue weighted by Crippen LogP contribution is 2.18. The number of rotatable bonds is 9. The van der Waals surface area contributed by atoms with Gasteiger partial charge in [0.1, 0.15) is 0 Å². The van der Waals surface area contributed by atoms with Crippen molar-refractivity contribution in [2.24, 2.45) is 5.92 Å². The first-order valence-electron chi connectivity index (χ1n) is 10.5. The number of alkyl halides is 1. The lowest BCUT2D eigenvalue weighted by atomic mass is 9.95. The molecule has 0 fully saturated rings. The summed E-state index contributed by atoms with van der Waals surface area (Å²) in [6, 6.07) is 0. The molecule has 0 aliphatic heterocycles. The molecule has 1 unspecified atom stereocenters. The zero-order valence-electron chi connectivity index (χ0n) is 19.3. The van der Waals surface area contributed by atoms with E-state index in [1.54, 1.807) is 0 Å². The second-order valence-corrected chi connectivity index (χ2v) is 6.51. The Balaban J connectivity index is -0.000000152. The van der Waals surface area contributed by atoms with Crippen LogP contribution in [0, 0.1) is 5.92 Å². The molecule has 0 rings (SSSR count). The molecule has 0 bridgehead atoms. The van der Waals surface area contributed by atoms with Crippen molar-refractivity contribution < 1.29 is 0 Å². The second kappa shape index (κ2) is 31.5. The van der Waals surface area contributed by atoms with Gasteiger partial charge < -0.3 is 4.90 Å². The molecule has 1 nitrogen and oxygen atoms in total. The standard InChI is InChI=1S/C12H21Cl.C5H13N.C4H10.C2H6/c1-4-6-9-12(5-2)11(3)8-7-10-13;1-4-5-6(2)3;1-3-4-2;1-2/h5-6,9,11H,4,7-8,10H2,1-3H3;4-5H2,1-3H3;3-4H2,1-2H3;1-2H3/b9-6-,12-5+;;;. The molecular formula is C23H50ClN. The summed E-state index contributed by atoms with van der Waals surface area (Å²) in [5.74, 6) is 1.42. The van der Waals surface area contributed by atoms with Crippen molar-refractivity contribution in [3.8, 4) is 0 Å². The Labute approximate surface area is 166 Å². The van der Waals surface area contributed by atoms with Gasteiger partial charge in [0, 0.05) is 5.88 Å². The first-order chi connectivity index (χ1) is 11.9. The number of unbranched alkanes of at least 4 members (excludes halogenated alkanes) is 1. The number of hydrogen-bond donors (Lipinski definition) is 0. The molecule has 0 heterocycles. The van der Waals surface area contributed by atoms with E-state index in [4.69, 9.17) is 11.6 Å². The highest BCUT2D eigenvalue weighted by molar-refractivity contribution is 6.17. The second-order valence-electron chi connectivity index (χ2n) is 6.13. The smallest absolute Gasteiger partial charge is 0.0223 e. The van der Waals surface area contributed by atoms with Crippen LogP contribution in [0.25, 0.3) is 0 Å². The fraction of sp³-hybridized carbons (Fsp3) is 0.826. The first-order valence-corrected chi connectivity index (χ1v) is 11.0. The summed E-state index contributed by atoms with van der Waals surface area (Å²) in [5.41, 5.74) is 1.44. The van der Waals surface area contributed by atoms with Gasteiger partial charge in [0.25, 0.3) is 0 Å². The Hall–Kier alpha value is -0.270. The van der Waals surface area contributed by atoms with Gasteiger partial charge in [-0.05, 0) is 64.7 Å². The number of halogens is 1. The maximum absolute atomic E-state index is 5.66. The molecule has 25 heavy (non-hydrogen) atoms. The molecule has 0 aromatic carbocycles. The quantitative estimate of drug-likeness (QED) is 0.289. The summed E-state index contributed by atoms with van der Waals surface area (Å²) in [6.45, 7) is 18.3. The predicted octanol–water partition coefficient (Wildman–Crippen LogP) is 8.34. The maximum Gasteiger partial charge on any atom is 0.0223 e. The molecule has 154 valence electrons. The van der Waals surface area contributed by atoms with Crippen LogP contribution < -0.4 is 0 Å². The van der Waals surface area contributed by atoms with Crippen LogP contribution in [-0.4, -0.2) is 31.4 Å². The summed E-state index contributed by atoms with van der Waals surface area (Å²) < 4.78 is 0. The van der Waals surface area contributed by atoms with E-state index in [-0.39, 0.29) is 0 Å². The molecule has 1 atom stereocenters. The SMILES string of the molecule is C/C=C(\C=C/CC)C(C)CCCCl.CC.CCCC.CCCN(C)C. The van der Waals surface area contributed by atoms with Gasteiger partial charge in [0.2, 0.25) is 0 Å². The fourth-order valence-electron chi connectivity index (χ4n) is 1.80. The largest absolute Gasteiger partial charge is 0.309 e. The Bertz CT molecular complexity index is 255. The van der Waals surface area contributed by atoms with E-state index in [9.17, 15) is 0 Å². The monoisotopic (exact) mass is 375 g/mol. The van der Waals surface area contributed by atoms with Crippen molar-refractivity contribution in [3.63, 3.8) is 0 Å². The van der Waals surface area contributed by atoms with Gasteiger partial charge in [-0.1, -0.05) is 79.5 Å². The lowest BCUT2D eigenvalue weighted by molar-refractivity contribution is 0.408. The summed E-state index contributed by atoms with van der Waals surface area (Å²) in [7, 11) is 4.17. The van der Waals surface area contributed by atoms with Gasteiger partial charge in [-0.2, -0.15) is 0 Å². The Morgan fingerprint density at radius 1 is 1.00 bits per heavy atom. The molecular weight excluding hydrogens is 326 g/mol. The van der Waals surface area contributed by atoms with E-state index in [1.807, 2.05) is 13.8 Å². The van der Waals surface area contributed by atoms with Crippen molar-refractivity contribution in [2.45, 2.75) is 93.9 Å². The van der Waals surface area contributed by atoms with Gasteiger partial charge in [0.05, 0.1) is 0 Å². The van der Waals surface area contributed by atoms with Crippen LogP contribution >= 0.6 is 11.6 Å². The highest BCUT2D eigenvalue weighted by Gasteiger charge is 2.03. The molecule has 0 saturated carbocycles. The zero-order valence-corrected chi connectivity index (χ0v) is 20.0. The van der Waals surface area contributed by atoms with E-state index in [0.717, 1.165) is 18.7 Å². The van der Waals surface area contributed by atoms with Crippen LogP contribution in [0.1, 0.15) is 93.9 Å². The van der Waals surface area contributed by atoms with Crippen LogP contribution in [0.2, 0.25) is 0 Å². The summed E-state index contributed by atoms with van der Waals surface area (Å²) >= 11 is 5.66. The van der Waals surface area contributed by atoms with Gasteiger partial charge >= 0.3 is 0 Å². The molecule has 0 amide bonds. The Morgan fingerprint density at radius 2 is 1.52 bits per heavy atom. The van der Waals surface area contributed by atoms with E-state index >= 15 is 0 Å². The predicted molar refractivity (Wildman–Crippen MR) is 123 cm³/mol. The lowest BCUT2D eigenvalue weighted by Crippen LogP contribution is -2.11. The van der Waals surface area contributed by atoms with E-state index in [0.29, 0.717) is 5.92 Å². The fourth-order valence-corrected chi connectivity index (χ4v) is 1.95. The molecule has 0 aliphatic carbocycles. The van der Waals surface area contributed by atoms with Crippen molar-refractivity contribution in [1.82, 2.24) is 4.90 Å². The molecule has 0 N–H and O–H groups in total. The van der Waals surface area contributed by atoms with Crippen LogP contribution in [0.5, 0.6) is 0 Å². The maximum atomic E-state index is 5.66. The van der Waals surface area contributed by atoms with Crippen molar-refractivity contribution in [1.29, 1.82) is 0 Å². The number of allylic oxidation sites excluding steroid dienone is 4. The summed E-state index contributed by atoms with van der Waals surface area (Å²) in [6.07, 6.45) is 14.0. The van der Waals surface area contributed by atoms with Gasteiger partial charge in [-0.15, -0.1) is 11.6 Å². The Morgan fingerprint density at radius 3 is 1.76 bits per heavy atom. The number of hydrogen-bond acceptors (Lipinski definition) is 1. The van der Waals surface area contributed by atoms with Crippen LogP contribution in [0.4, 0.5) is 0 Å². The van der Waals surface area contributed by atoms with E-state index in [2.05, 4.69) is 78.8 Å². The van der Waals surface area contributed by atoms with Gasteiger partial charge in [-0.25, -0.2) is 0 Å². The van der Waals surface area contributed by atoms with Crippen LogP contribution in [-0.2, 0) is 0 Å². The van der Waals surface area contributed by atoms with Gasteiger partial charge in [-0.3, -0.25) is 0 Å². The van der Waals surface area contributed by atoms with Gasteiger partial charge in [0.15, 0.2) is 0 Å². The molecule has 0 radical (unpaired) electrons. The molecule has 0 aromatic rings. The number of nitrogens with zero attached hydrogens (tertiary/aromatic N) is 1. The molecule has 0 spiro atoms. The third kappa shape index (κ3) is 35.6. The average molecular weight is 376 g/mol. The third-order valence-electron chi connectivity index (χ3n) is 3.39. The van der Waals surface area contributed by atoms with Crippen molar-refractivity contribution in [3.05, 3.63) is 23.8 Å². The van der Waals surface area contributed by atoms with Crippen LogP contribution in [0.15, 0.2) is 23.8 Å². The van der Waals surface area contributed by atoms with E-state index < -0.39 is 0 Å². The summed E-state index contributed by atoms with van der Waals surface area (Å²) in [5, 5.41) is 0. The third-order valence-corrected chi connectivity index (χ3v) is 3.66. The normalized spacial score (nSPS) is 11.8. The molecule has 0 aromatic heterocycles. The first kappa shape index (κ1) is 32.4. The molecule has 0 saturated heterocycles. The van der Waals surface area contributed by atoms with E-state index in [1.165, 1.54) is 37.8 Å². The van der Waals surface area contributed by atoms with Crippen LogP contribution in [0.3, 0.4) is 0 Å². The minimum absolute atomic E-state index is 0.645. The topological polar surface area (TPSA) is 3.24 Å². The molecule has 0 aliphatic rings. The van der Waals surface area contributed by atoms with Crippen molar-refractivity contribution >= 4 is 11.6 Å². The molecule has 2 heteroatoms. The lowest BCUT2D eigenvalue weighted by Gasteiger charge is -2.11. The van der Waals surface area contributed by atoms with Crippen molar-refractivity contribution in [2.75, 3.05) is 26.5 Å². The highest BCUT2D eigenvalue weighted by atomic mass is 35.5. The zero-order chi connectivity index (χ0) is 20.5. The summed E-state index contributed by atoms with van der Waals surface area (Å²) in [4.78, 5) is 2.18. The minimum atomic E-state index is 0.645. The average Bonchev–Trinajstić information content (AvgIpc) is 2.62. The Kier molecular flexibility index (Phi) is 40.8.